The highest BCUT2D eigenvalue weighted by atomic mass is 32.1. The van der Waals surface area contributed by atoms with E-state index in [0.717, 1.165) is 18.5 Å². The summed E-state index contributed by atoms with van der Waals surface area (Å²) in [6.45, 7) is 1.11. The van der Waals surface area contributed by atoms with Crippen molar-refractivity contribution in [1.29, 1.82) is 0 Å². The van der Waals surface area contributed by atoms with Gasteiger partial charge in [-0.1, -0.05) is 6.07 Å². The van der Waals surface area contributed by atoms with Gasteiger partial charge in [0.2, 0.25) is 0 Å². The second-order valence-electron chi connectivity index (χ2n) is 5.27. The molecule has 3 rings (SSSR count). The highest BCUT2D eigenvalue weighted by molar-refractivity contribution is 7.07. The lowest BCUT2D eigenvalue weighted by atomic mass is 10.1. The number of hydrogen-bond acceptors (Lipinski definition) is 5. The molecule has 22 heavy (non-hydrogen) atoms. The lowest BCUT2D eigenvalue weighted by Crippen LogP contribution is -2.37. The first kappa shape index (κ1) is 15.0. The Kier molecular flexibility index (Phi) is 4.70. The van der Waals surface area contributed by atoms with Gasteiger partial charge < -0.3 is 14.7 Å². The highest BCUT2D eigenvalue weighted by Crippen LogP contribution is 2.22. The highest BCUT2D eigenvalue weighted by Gasteiger charge is 2.28. The Balaban J connectivity index is 1.69. The monoisotopic (exact) mass is 318 g/mol. The molecule has 5 nitrogen and oxygen atoms in total. The van der Waals surface area contributed by atoms with E-state index in [1.54, 1.807) is 22.5 Å². The Hall–Kier alpha value is -1.92. The van der Waals surface area contributed by atoms with E-state index in [0.29, 0.717) is 24.5 Å². The normalized spacial score (nSPS) is 17.7. The van der Waals surface area contributed by atoms with Gasteiger partial charge in [0.1, 0.15) is 12.4 Å². The van der Waals surface area contributed by atoms with Crippen LogP contribution in [0.2, 0.25) is 0 Å². The molecule has 0 spiro atoms. The van der Waals surface area contributed by atoms with Gasteiger partial charge in [0.25, 0.3) is 5.91 Å². The number of ether oxygens (including phenoxy) is 1. The number of aliphatic hydroxyl groups excluding tert-OH is 1. The Bertz CT molecular complexity index is 630. The summed E-state index contributed by atoms with van der Waals surface area (Å²) in [5.41, 5.74) is 3.24. The van der Waals surface area contributed by atoms with Gasteiger partial charge >= 0.3 is 0 Å². The number of thiazole rings is 1. The van der Waals surface area contributed by atoms with Gasteiger partial charge in [0.05, 0.1) is 23.9 Å². The van der Waals surface area contributed by atoms with Gasteiger partial charge in [-0.25, -0.2) is 4.98 Å². The van der Waals surface area contributed by atoms with Crippen molar-refractivity contribution < 1.29 is 14.6 Å². The van der Waals surface area contributed by atoms with Gasteiger partial charge in [-0.3, -0.25) is 4.79 Å². The smallest absolute Gasteiger partial charge is 0.254 e. The van der Waals surface area contributed by atoms with E-state index in [-0.39, 0.29) is 18.6 Å². The van der Waals surface area contributed by atoms with Crippen LogP contribution in [0.3, 0.4) is 0 Å². The standard InChI is InChI=1S/C16H18N2O3S/c19-8-14-4-2-6-18(14)16(20)12-3-1-5-15(7-12)21-9-13-10-22-11-17-13/h1,3,5,7,10-11,14,19H,2,4,6,8-9H2/t14-/m1/s1. The Morgan fingerprint density at radius 2 is 2.41 bits per heavy atom. The summed E-state index contributed by atoms with van der Waals surface area (Å²) >= 11 is 1.53. The fourth-order valence-corrected chi connectivity index (χ4v) is 3.19. The molecule has 0 aliphatic carbocycles. The Morgan fingerprint density at radius 3 is 3.18 bits per heavy atom. The topological polar surface area (TPSA) is 62.7 Å². The fourth-order valence-electron chi connectivity index (χ4n) is 2.64. The van der Waals surface area contributed by atoms with E-state index < -0.39 is 0 Å². The molecule has 1 aromatic carbocycles. The molecule has 116 valence electrons. The minimum absolute atomic E-state index is 0.0196. The molecule has 1 amide bonds. The number of amides is 1. The Morgan fingerprint density at radius 1 is 1.50 bits per heavy atom. The number of aliphatic hydroxyl groups is 1. The van der Waals surface area contributed by atoms with Crippen LogP contribution in [-0.2, 0) is 6.61 Å². The molecule has 1 N–H and O–H groups in total. The van der Waals surface area contributed by atoms with Crippen molar-refractivity contribution in [2.24, 2.45) is 0 Å². The molecule has 1 aliphatic rings. The molecule has 0 unspecified atom stereocenters. The molecule has 0 bridgehead atoms. The zero-order chi connectivity index (χ0) is 15.4. The van der Waals surface area contributed by atoms with Gasteiger partial charge in [0.15, 0.2) is 0 Å². The van der Waals surface area contributed by atoms with E-state index in [2.05, 4.69) is 4.98 Å². The molecule has 0 radical (unpaired) electrons. The zero-order valence-electron chi connectivity index (χ0n) is 12.1. The average Bonchev–Trinajstić information content (AvgIpc) is 3.23. The second kappa shape index (κ2) is 6.89. The SMILES string of the molecule is O=C(c1cccc(OCc2cscn2)c1)N1CCC[C@@H]1CO. The number of hydrogen-bond donors (Lipinski definition) is 1. The fraction of sp³-hybridized carbons (Fsp3) is 0.375. The van der Waals surface area contributed by atoms with Crippen LogP contribution in [0, 0.1) is 0 Å². The van der Waals surface area contributed by atoms with Gasteiger partial charge in [-0.15, -0.1) is 11.3 Å². The molecule has 2 heterocycles. The minimum Gasteiger partial charge on any atom is -0.487 e. The summed E-state index contributed by atoms with van der Waals surface area (Å²) in [6, 6.07) is 7.11. The van der Waals surface area contributed by atoms with Crippen molar-refractivity contribution in [2.45, 2.75) is 25.5 Å². The van der Waals surface area contributed by atoms with Gasteiger partial charge in [-0.05, 0) is 31.0 Å². The zero-order valence-corrected chi connectivity index (χ0v) is 13.0. The summed E-state index contributed by atoms with van der Waals surface area (Å²) in [4.78, 5) is 18.5. The van der Waals surface area contributed by atoms with E-state index in [9.17, 15) is 9.90 Å². The van der Waals surface area contributed by atoms with Crippen LogP contribution >= 0.6 is 11.3 Å². The molecule has 0 saturated carbocycles. The van der Waals surface area contributed by atoms with Gasteiger partial charge in [-0.2, -0.15) is 0 Å². The number of likely N-dealkylation sites (tertiary alicyclic amines) is 1. The largest absolute Gasteiger partial charge is 0.487 e. The van der Waals surface area contributed by atoms with E-state index in [4.69, 9.17) is 4.74 Å². The number of nitrogens with zero attached hydrogens (tertiary/aromatic N) is 2. The number of benzene rings is 1. The predicted octanol–water partition coefficient (Wildman–Crippen LogP) is 2.32. The van der Waals surface area contributed by atoms with Crippen LogP contribution in [0.15, 0.2) is 35.2 Å². The number of aromatic nitrogens is 1. The minimum atomic E-state index is -0.0629. The molecule has 1 fully saturated rings. The molecule has 1 atom stereocenters. The summed E-state index contributed by atoms with van der Waals surface area (Å²) in [5.74, 6) is 0.606. The van der Waals surface area contributed by atoms with Crippen molar-refractivity contribution in [2.75, 3.05) is 13.2 Å². The molecular weight excluding hydrogens is 300 g/mol. The van der Waals surface area contributed by atoms with E-state index in [1.807, 2.05) is 17.5 Å². The van der Waals surface area contributed by atoms with Crippen molar-refractivity contribution in [3.05, 3.63) is 46.4 Å². The molecule has 1 aliphatic heterocycles. The van der Waals surface area contributed by atoms with Gasteiger partial charge in [0, 0.05) is 17.5 Å². The molecular formula is C16H18N2O3S. The van der Waals surface area contributed by atoms with Crippen LogP contribution in [-0.4, -0.2) is 40.1 Å². The maximum absolute atomic E-state index is 12.5. The third-order valence-electron chi connectivity index (χ3n) is 3.80. The molecule has 2 aromatic rings. The first-order valence-corrected chi connectivity index (χ1v) is 8.24. The number of rotatable bonds is 5. The van der Waals surface area contributed by atoms with Crippen molar-refractivity contribution >= 4 is 17.2 Å². The van der Waals surface area contributed by atoms with Crippen LogP contribution in [0.1, 0.15) is 28.9 Å². The maximum Gasteiger partial charge on any atom is 0.254 e. The first-order chi connectivity index (χ1) is 10.8. The van der Waals surface area contributed by atoms with Crippen molar-refractivity contribution in [3.8, 4) is 5.75 Å². The average molecular weight is 318 g/mol. The summed E-state index contributed by atoms with van der Waals surface area (Å²) in [5, 5.41) is 11.3. The third-order valence-corrected chi connectivity index (χ3v) is 4.44. The summed E-state index contributed by atoms with van der Waals surface area (Å²) in [7, 11) is 0. The summed E-state index contributed by atoms with van der Waals surface area (Å²) < 4.78 is 5.68. The molecule has 1 saturated heterocycles. The lowest BCUT2D eigenvalue weighted by molar-refractivity contribution is 0.0677. The lowest BCUT2D eigenvalue weighted by Gasteiger charge is -2.23. The second-order valence-corrected chi connectivity index (χ2v) is 5.99. The van der Waals surface area contributed by atoms with Crippen LogP contribution < -0.4 is 4.74 Å². The number of carbonyl (C=O) groups is 1. The van der Waals surface area contributed by atoms with Crippen molar-refractivity contribution in [3.63, 3.8) is 0 Å². The van der Waals surface area contributed by atoms with Crippen molar-refractivity contribution in [1.82, 2.24) is 9.88 Å². The van der Waals surface area contributed by atoms with E-state index in [1.165, 1.54) is 11.3 Å². The first-order valence-electron chi connectivity index (χ1n) is 7.29. The van der Waals surface area contributed by atoms with E-state index >= 15 is 0 Å². The summed E-state index contributed by atoms with van der Waals surface area (Å²) in [6.07, 6.45) is 1.80. The molecule has 6 heteroatoms. The predicted molar refractivity (Wildman–Crippen MR) is 84.0 cm³/mol. The van der Waals surface area contributed by atoms with Crippen LogP contribution in [0.25, 0.3) is 0 Å². The van der Waals surface area contributed by atoms with Crippen LogP contribution in [0.5, 0.6) is 5.75 Å². The quantitative estimate of drug-likeness (QED) is 0.919. The molecule has 1 aromatic heterocycles. The third kappa shape index (κ3) is 3.28. The maximum atomic E-state index is 12.5. The Labute approximate surface area is 133 Å². The number of carbonyl (C=O) groups excluding carboxylic acids is 1. The van der Waals surface area contributed by atoms with Crippen LogP contribution in [0.4, 0.5) is 0 Å².